The Morgan fingerprint density at radius 2 is 1.74 bits per heavy atom. The van der Waals surface area contributed by atoms with Crippen molar-refractivity contribution in [2.75, 3.05) is 33.3 Å². The van der Waals surface area contributed by atoms with Crippen molar-refractivity contribution in [1.82, 2.24) is 24.0 Å². The van der Waals surface area contributed by atoms with Crippen LogP contribution in [0.5, 0.6) is 0 Å². The average molecular weight is 542 g/mol. The predicted octanol–water partition coefficient (Wildman–Crippen LogP) is 4.58. The highest BCUT2D eigenvalue weighted by atomic mass is 32.2. The molecule has 9 nitrogen and oxygen atoms in total. The van der Waals surface area contributed by atoms with Crippen molar-refractivity contribution in [3.05, 3.63) is 78.2 Å². The lowest BCUT2D eigenvalue weighted by Gasteiger charge is -2.37. The Labute approximate surface area is 226 Å². The van der Waals surface area contributed by atoms with Crippen LogP contribution >= 0.6 is 0 Å². The first-order chi connectivity index (χ1) is 18.4. The van der Waals surface area contributed by atoms with Crippen molar-refractivity contribution in [3.8, 4) is 0 Å². The third kappa shape index (κ3) is 6.35. The number of carbonyl (C=O) groups excluding carboxylic acids is 1. The summed E-state index contributed by atoms with van der Waals surface area (Å²) in [6.07, 6.45) is 10.6. The average Bonchev–Trinajstić information content (AvgIpc) is 3.41. The Balaban J connectivity index is 0.00000195. The maximum Gasteiger partial charge on any atom is 0.284 e. The van der Waals surface area contributed by atoms with Gasteiger partial charge in [-0.1, -0.05) is 45.9 Å². The molecule has 4 rings (SSSR count). The fourth-order valence-corrected chi connectivity index (χ4v) is 5.52. The summed E-state index contributed by atoms with van der Waals surface area (Å²) in [4.78, 5) is 21.4. The van der Waals surface area contributed by atoms with Gasteiger partial charge in [-0.2, -0.15) is 8.42 Å². The number of hydrogen-bond donors (Lipinski definition) is 0. The van der Waals surface area contributed by atoms with Crippen LogP contribution in [0.1, 0.15) is 68.6 Å². The minimum Gasteiger partial charge on any atom is -0.495 e. The largest absolute Gasteiger partial charge is 0.495 e. The molecule has 1 aromatic carbocycles. The maximum absolute atomic E-state index is 13.1. The van der Waals surface area contributed by atoms with Crippen LogP contribution in [0.3, 0.4) is 0 Å². The normalized spacial score (nSPS) is 16.8. The molecule has 1 aliphatic heterocycles. The summed E-state index contributed by atoms with van der Waals surface area (Å²) in [6, 6.07) is 6.04. The van der Waals surface area contributed by atoms with E-state index in [1.165, 1.54) is 18.5 Å². The van der Waals surface area contributed by atoms with E-state index in [9.17, 15) is 13.2 Å². The second-order valence-corrected chi connectivity index (χ2v) is 10.7. The number of ether oxygens (including phenoxy) is 1. The van der Waals surface area contributed by atoms with E-state index < -0.39 is 10.0 Å². The van der Waals surface area contributed by atoms with Gasteiger partial charge in [0.25, 0.3) is 15.9 Å². The van der Waals surface area contributed by atoms with E-state index in [1.54, 1.807) is 30.2 Å². The first kappa shape index (κ1) is 29.2. The van der Waals surface area contributed by atoms with Crippen molar-refractivity contribution < 1.29 is 17.9 Å². The molecule has 1 aliphatic carbocycles. The summed E-state index contributed by atoms with van der Waals surface area (Å²) in [6.45, 7) is 12.3. The van der Waals surface area contributed by atoms with Crippen molar-refractivity contribution in [2.45, 2.75) is 57.3 Å². The molecule has 0 radical (unpaired) electrons. The number of piperazine rings is 1. The molecule has 2 fully saturated rings. The number of methoxy groups -OCH3 is 1. The van der Waals surface area contributed by atoms with Gasteiger partial charge in [-0.15, -0.1) is 9.19 Å². The van der Waals surface area contributed by atoms with E-state index in [0.29, 0.717) is 37.6 Å². The van der Waals surface area contributed by atoms with E-state index in [2.05, 4.69) is 28.5 Å². The minimum atomic E-state index is -3.86. The van der Waals surface area contributed by atoms with Gasteiger partial charge in [0.15, 0.2) is 5.82 Å². The van der Waals surface area contributed by atoms with Crippen LogP contribution in [0.2, 0.25) is 0 Å². The van der Waals surface area contributed by atoms with Crippen LogP contribution < -0.4 is 0 Å². The Bertz CT molecular complexity index is 1250. The van der Waals surface area contributed by atoms with E-state index in [0.717, 1.165) is 41.2 Å². The third-order valence-corrected chi connectivity index (χ3v) is 8.31. The molecule has 1 amide bonds. The van der Waals surface area contributed by atoms with Crippen LogP contribution in [0.15, 0.2) is 71.8 Å². The molecule has 0 unspecified atom stereocenters. The molecule has 1 saturated carbocycles. The van der Waals surface area contributed by atoms with E-state index in [-0.39, 0.29) is 16.7 Å². The lowest BCUT2D eigenvalue weighted by atomic mass is 9.85. The van der Waals surface area contributed by atoms with Gasteiger partial charge in [0.05, 0.1) is 17.7 Å². The number of amides is 1. The van der Waals surface area contributed by atoms with Gasteiger partial charge in [0, 0.05) is 37.7 Å². The van der Waals surface area contributed by atoms with Gasteiger partial charge in [-0.05, 0) is 49.6 Å². The predicted molar refractivity (Wildman–Crippen MR) is 148 cm³/mol. The molecule has 1 aromatic heterocycles. The fraction of sp³-hybridized carbons (Fsp3) is 0.464. The van der Waals surface area contributed by atoms with Crippen LogP contribution in [-0.2, 0) is 14.8 Å². The summed E-state index contributed by atoms with van der Waals surface area (Å²) < 4.78 is 32.4. The summed E-state index contributed by atoms with van der Waals surface area (Å²) in [5.74, 6) is 1.50. The molecule has 0 spiro atoms. The molecule has 0 N–H and O–H groups in total. The van der Waals surface area contributed by atoms with Crippen molar-refractivity contribution in [3.63, 3.8) is 0 Å². The second-order valence-electron chi connectivity index (χ2n) is 8.88. The first-order valence-electron chi connectivity index (χ1n) is 13.3. The summed E-state index contributed by atoms with van der Waals surface area (Å²) in [5.41, 5.74) is 1.54. The Morgan fingerprint density at radius 1 is 1.11 bits per heavy atom. The molecular weight excluding hydrogens is 502 g/mol. The SMILES string of the molecule is C=C/C=C\C(OC)=C(/CC)N1CCN(C(=O)c2ccc(S(=O)(=O)n3cnc(C4CCC4)n3)cc2)CC1.CC. The Hall–Kier alpha value is -3.40. The van der Waals surface area contributed by atoms with Crippen molar-refractivity contribution >= 4 is 15.9 Å². The van der Waals surface area contributed by atoms with Crippen LogP contribution in [0.4, 0.5) is 0 Å². The molecule has 0 bridgehead atoms. The molecule has 1 saturated heterocycles. The molecular formula is C28H39N5O4S. The molecule has 206 valence electrons. The van der Waals surface area contributed by atoms with Gasteiger partial charge in [-0.25, -0.2) is 4.98 Å². The minimum absolute atomic E-state index is 0.0753. The molecule has 2 heterocycles. The third-order valence-electron chi connectivity index (χ3n) is 6.78. The lowest BCUT2D eigenvalue weighted by molar-refractivity contribution is 0.0662. The van der Waals surface area contributed by atoms with Gasteiger partial charge in [0.1, 0.15) is 12.1 Å². The molecule has 0 atom stereocenters. The Kier molecular flexibility index (Phi) is 10.3. The molecule has 2 aliphatic rings. The van der Waals surface area contributed by atoms with Crippen LogP contribution in [0.25, 0.3) is 0 Å². The quantitative estimate of drug-likeness (QED) is 0.339. The zero-order valence-corrected chi connectivity index (χ0v) is 23.7. The fourth-order valence-electron chi connectivity index (χ4n) is 4.46. The number of rotatable bonds is 9. The molecule has 38 heavy (non-hydrogen) atoms. The van der Waals surface area contributed by atoms with Crippen LogP contribution in [0, 0.1) is 0 Å². The zero-order valence-electron chi connectivity index (χ0n) is 22.8. The lowest BCUT2D eigenvalue weighted by Crippen LogP contribution is -2.48. The van der Waals surface area contributed by atoms with E-state index >= 15 is 0 Å². The number of carbonyl (C=O) groups is 1. The zero-order chi connectivity index (χ0) is 27.7. The van der Waals surface area contributed by atoms with Gasteiger partial charge >= 0.3 is 0 Å². The number of allylic oxidation sites excluding steroid dienone is 4. The van der Waals surface area contributed by atoms with Gasteiger partial charge in [0.2, 0.25) is 0 Å². The maximum atomic E-state index is 13.1. The van der Waals surface area contributed by atoms with E-state index in [4.69, 9.17) is 4.74 Å². The smallest absolute Gasteiger partial charge is 0.284 e. The van der Waals surface area contributed by atoms with Crippen molar-refractivity contribution in [2.24, 2.45) is 0 Å². The Morgan fingerprint density at radius 3 is 2.26 bits per heavy atom. The number of aromatic nitrogens is 3. The topological polar surface area (TPSA) is 97.6 Å². The van der Waals surface area contributed by atoms with Gasteiger partial charge < -0.3 is 14.5 Å². The number of nitrogens with zero attached hydrogens (tertiary/aromatic N) is 5. The number of hydrogen-bond acceptors (Lipinski definition) is 7. The monoisotopic (exact) mass is 541 g/mol. The van der Waals surface area contributed by atoms with Crippen molar-refractivity contribution in [1.29, 1.82) is 0 Å². The highest BCUT2D eigenvalue weighted by Gasteiger charge is 2.27. The standard InChI is InChI=1S/C26H33N5O4S.C2H6/c1-4-6-10-24(35-3)23(5-2)29-15-17-30(18-16-29)26(32)21-11-13-22(14-12-21)36(33,34)31-19-27-25(28-31)20-8-7-9-20;1-2/h4,6,10-14,19-20H,1,5,7-9,15-18H2,2-3H3;1-2H3/b10-6-,24-23-;. The summed E-state index contributed by atoms with van der Waals surface area (Å²) in [7, 11) is -2.21. The summed E-state index contributed by atoms with van der Waals surface area (Å²) >= 11 is 0. The van der Waals surface area contributed by atoms with Gasteiger partial charge in [-0.3, -0.25) is 4.79 Å². The summed E-state index contributed by atoms with van der Waals surface area (Å²) in [5, 5.41) is 4.19. The first-order valence-corrected chi connectivity index (χ1v) is 14.7. The van der Waals surface area contributed by atoms with Crippen LogP contribution in [-0.4, -0.2) is 71.6 Å². The highest BCUT2D eigenvalue weighted by molar-refractivity contribution is 7.89. The number of benzene rings is 1. The highest BCUT2D eigenvalue weighted by Crippen LogP contribution is 2.34. The molecule has 2 aromatic rings. The molecule has 10 heteroatoms. The second kappa shape index (κ2) is 13.4. The van der Waals surface area contributed by atoms with E-state index in [1.807, 2.05) is 26.0 Å².